The van der Waals surface area contributed by atoms with Gasteiger partial charge in [-0.1, -0.05) is 6.07 Å². The summed E-state index contributed by atoms with van der Waals surface area (Å²) >= 11 is 0. The second kappa shape index (κ2) is 8.32. The summed E-state index contributed by atoms with van der Waals surface area (Å²) in [4.78, 5) is 14.1. The second-order valence-electron chi connectivity index (χ2n) is 5.54. The molecule has 1 heterocycles. The van der Waals surface area contributed by atoms with Gasteiger partial charge < -0.3 is 10.6 Å². The Balaban J connectivity index is 0.00000220. The number of piperazine rings is 1. The molecule has 1 aliphatic heterocycles. The van der Waals surface area contributed by atoms with E-state index in [0.717, 1.165) is 19.6 Å². The molecule has 1 fully saturated rings. The van der Waals surface area contributed by atoms with Crippen molar-refractivity contribution >= 4 is 24.0 Å². The van der Waals surface area contributed by atoms with Crippen molar-refractivity contribution in [3.05, 3.63) is 30.1 Å². The summed E-state index contributed by atoms with van der Waals surface area (Å²) in [5.41, 5.74) is 0.511. The Morgan fingerprint density at radius 1 is 1.38 bits per heavy atom. The lowest BCUT2D eigenvalue weighted by atomic mass is 10.1. The Morgan fingerprint density at radius 2 is 2.05 bits per heavy atom. The second-order valence-corrected chi connectivity index (χ2v) is 5.54. The molecule has 2 atom stereocenters. The first-order chi connectivity index (χ1) is 9.52. The molecule has 0 spiro atoms. The summed E-state index contributed by atoms with van der Waals surface area (Å²) in [6.07, 6.45) is 0.427. The van der Waals surface area contributed by atoms with E-state index in [1.807, 2.05) is 0 Å². The van der Waals surface area contributed by atoms with Crippen LogP contribution in [0.3, 0.4) is 0 Å². The molecule has 1 aromatic carbocycles. The molecule has 2 N–H and O–H groups in total. The minimum absolute atomic E-state index is 0. The van der Waals surface area contributed by atoms with E-state index in [1.165, 1.54) is 12.1 Å². The molecule has 2 unspecified atom stereocenters. The lowest BCUT2D eigenvalue weighted by Crippen LogP contribution is -2.54. The van der Waals surface area contributed by atoms with Gasteiger partial charge in [0.2, 0.25) is 5.91 Å². The predicted octanol–water partition coefficient (Wildman–Crippen LogP) is 2.26. The lowest BCUT2D eigenvalue weighted by Gasteiger charge is -2.35. The normalized spacial score (nSPS) is 22.4. The maximum absolute atomic E-state index is 13.0. The summed E-state index contributed by atoms with van der Waals surface area (Å²) in [6, 6.07) is 6.86. The number of amides is 1. The zero-order chi connectivity index (χ0) is 14.5. The number of nitrogens with zero attached hydrogens (tertiary/aromatic N) is 1. The van der Waals surface area contributed by atoms with Crippen molar-refractivity contribution in [3.8, 4) is 0 Å². The molecule has 0 aromatic heterocycles. The molecule has 6 heteroatoms. The van der Waals surface area contributed by atoms with Crippen LogP contribution in [-0.2, 0) is 4.79 Å². The van der Waals surface area contributed by atoms with Crippen LogP contribution in [0.5, 0.6) is 0 Å². The summed E-state index contributed by atoms with van der Waals surface area (Å²) in [7, 11) is 0. The molecule has 1 aromatic rings. The largest absolute Gasteiger partial charge is 0.326 e. The summed E-state index contributed by atoms with van der Waals surface area (Å²) < 4.78 is 13.0. The summed E-state index contributed by atoms with van der Waals surface area (Å²) in [6.45, 7) is 6.94. The molecule has 118 valence electrons. The van der Waals surface area contributed by atoms with Crippen LogP contribution < -0.4 is 10.6 Å². The molecular formula is C15H23ClFN3O. The van der Waals surface area contributed by atoms with Gasteiger partial charge in [-0.25, -0.2) is 4.39 Å². The zero-order valence-corrected chi connectivity index (χ0v) is 13.3. The van der Waals surface area contributed by atoms with Crippen LogP contribution in [0.4, 0.5) is 10.1 Å². The van der Waals surface area contributed by atoms with Crippen LogP contribution >= 0.6 is 12.4 Å². The molecule has 2 rings (SSSR count). The number of benzene rings is 1. The highest BCUT2D eigenvalue weighted by Gasteiger charge is 2.20. The Hall–Kier alpha value is -1.17. The maximum Gasteiger partial charge on any atom is 0.225 e. The van der Waals surface area contributed by atoms with E-state index >= 15 is 0 Å². The first kappa shape index (κ1) is 17.9. The third kappa shape index (κ3) is 5.99. The molecule has 4 nitrogen and oxygen atoms in total. The fourth-order valence-corrected chi connectivity index (χ4v) is 2.67. The third-order valence-corrected chi connectivity index (χ3v) is 3.40. The molecule has 0 bridgehead atoms. The zero-order valence-electron chi connectivity index (χ0n) is 12.4. The Labute approximate surface area is 131 Å². The van der Waals surface area contributed by atoms with Gasteiger partial charge in [-0.05, 0) is 32.0 Å². The molecule has 1 amide bonds. The minimum atomic E-state index is -0.340. The van der Waals surface area contributed by atoms with Crippen molar-refractivity contribution in [2.45, 2.75) is 32.4 Å². The number of hydrogen-bond acceptors (Lipinski definition) is 3. The molecular weight excluding hydrogens is 293 g/mol. The van der Waals surface area contributed by atoms with E-state index in [2.05, 4.69) is 29.4 Å². The van der Waals surface area contributed by atoms with E-state index in [-0.39, 0.29) is 24.1 Å². The summed E-state index contributed by atoms with van der Waals surface area (Å²) in [5.74, 6) is -0.415. The Morgan fingerprint density at radius 3 is 2.67 bits per heavy atom. The smallest absolute Gasteiger partial charge is 0.225 e. The number of halogens is 2. The van der Waals surface area contributed by atoms with Gasteiger partial charge in [0.15, 0.2) is 0 Å². The number of carbonyl (C=O) groups excluding carboxylic acids is 1. The van der Waals surface area contributed by atoms with Gasteiger partial charge >= 0.3 is 0 Å². The SMILES string of the molecule is CC1CN(CCC(=O)Nc2cccc(F)c2)CC(C)N1.Cl. The highest BCUT2D eigenvalue weighted by Crippen LogP contribution is 2.10. The molecule has 21 heavy (non-hydrogen) atoms. The van der Waals surface area contributed by atoms with Crippen molar-refractivity contribution in [1.29, 1.82) is 0 Å². The van der Waals surface area contributed by atoms with Crippen molar-refractivity contribution in [2.24, 2.45) is 0 Å². The van der Waals surface area contributed by atoms with E-state index in [9.17, 15) is 9.18 Å². The average molecular weight is 316 g/mol. The van der Waals surface area contributed by atoms with E-state index in [0.29, 0.717) is 24.2 Å². The highest BCUT2D eigenvalue weighted by atomic mass is 35.5. The van der Waals surface area contributed by atoms with Crippen LogP contribution in [0, 0.1) is 5.82 Å². The van der Waals surface area contributed by atoms with Gasteiger partial charge in [-0.3, -0.25) is 9.69 Å². The van der Waals surface area contributed by atoms with Gasteiger partial charge in [0.25, 0.3) is 0 Å². The lowest BCUT2D eigenvalue weighted by molar-refractivity contribution is -0.116. The van der Waals surface area contributed by atoms with E-state index < -0.39 is 0 Å². The van der Waals surface area contributed by atoms with Gasteiger partial charge in [-0.2, -0.15) is 0 Å². The van der Waals surface area contributed by atoms with Crippen molar-refractivity contribution in [1.82, 2.24) is 10.2 Å². The van der Waals surface area contributed by atoms with E-state index in [4.69, 9.17) is 0 Å². The number of hydrogen-bond donors (Lipinski definition) is 2. The van der Waals surface area contributed by atoms with Gasteiger partial charge in [0.1, 0.15) is 5.82 Å². The van der Waals surface area contributed by atoms with Crippen molar-refractivity contribution < 1.29 is 9.18 Å². The predicted molar refractivity (Wildman–Crippen MR) is 85.4 cm³/mol. The Bertz CT molecular complexity index is 462. The quantitative estimate of drug-likeness (QED) is 0.896. The molecule has 1 saturated heterocycles. The van der Waals surface area contributed by atoms with Crippen LogP contribution in [0.15, 0.2) is 24.3 Å². The monoisotopic (exact) mass is 315 g/mol. The summed E-state index contributed by atoms with van der Waals surface area (Å²) in [5, 5.41) is 6.18. The van der Waals surface area contributed by atoms with Gasteiger partial charge in [0, 0.05) is 43.8 Å². The maximum atomic E-state index is 13.0. The fourth-order valence-electron chi connectivity index (χ4n) is 2.67. The van der Waals surface area contributed by atoms with Crippen LogP contribution in [-0.4, -0.2) is 42.5 Å². The minimum Gasteiger partial charge on any atom is -0.326 e. The first-order valence-corrected chi connectivity index (χ1v) is 7.07. The van der Waals surface area contributed by atoms with Crippen LogP contribution in [0.25, 0.3) is 0 Å². The molecule has 0 aliphatic carbocycles. The molecule has 0 saturated carbocycles. The number of carbonyl (C=O) groups is 1. The fraction of sp³-hybridized carbons (Fsp3) is 0.533. The standard InChI is InChI=1S/C15H22FN3O.ClH/c1-11-9-19(10-12(2)17-11)7-6-15(20)18-14-5-3-4-13(16)8-14;/h3-5,8,11-12,17H,6-7,9-10H2,1-2H3,(H,18,20);1H. The van der Waals surface area contributed by atoms with Crippen LogP contribution in [0.2, 0.25) is 0 Å². The van der Waals surface area contributed by atoms with Gasteiger partial charge in [0.05, 0.1) is 0 Å². The number of rotatable bonds is 4. The van der Waals surface area contributed by atoms with Crippen LogP contribution in [0.1, 0.15) is 20.3 Å². The molecule has 1 aliphatic rings. The van der Waals surface area contributed by atoms with E-state index in [1.54, 1.807) is 12.1 Å². The van der Waals surface area contributed by atoms with Crippen molar-refractivity contribution in [2.75, 3.05) is 25.0 Å². The number of nitrogens with one attached hydrogen (secondary N) is 2. The number of anilines is 1. The molecule has 0 radical (unpaired) electrons. The average Bonchev–Trinajstić information content (AvgIpc) is 2.35. The highest BCUT2D eigenvalue weighted by molar-refractivity contribution is 5.90. The van der Waals surface area contributed by atoms with Crippen molar-refractivity contribution in [3.63, 3.8) is 0 Å². The topological polar surface area (TPSA) is 44.4 Å². The Kier molecular flexibility index (Phi) is 7.08. The first-order valence-electron chi connectivity index (χ1n) is 7.07. The van der Waals surface area contributed by atoms with Gasteiger partial charge in [-0.15, -0.1) is 12.4 Å². The third-order valence-electron chi connectivity index (χ3n) is 3.40.